The molecule has 0 atom stereocenters. The molecule has 2 aromatic carbocycles. The van der Waals surface area contributed by atoms with Gasteiger partial charge in [0.2, 0.25) is 5.75 Å². The predicted molar refractivity (Wildman–Crippen MR) is 93.3 cm³/mol. The van der Waals surface area contributed by atoms with Crippen molar-refractivity contribution in [2.75, 3.05) is 0 Å². The molecule has 2 heterocycles. The number of hydrogen-bond donors (Lipinski definition) is 2. The Labute approximate surface area is 155 Å². The summed E-state index contributed by atoms with van der Waals surface area (Å²) >= 11 is 0. The van der Waals surface area contributed by atoms with E-state index in [1.54, 1.807) is 0 Å². The van der Waals surface area contributed by atoms with E-state index in [4.69, 9.17) is 0 Å². The molecule has 142 valence electrons. The van der Waals surface area contributed by atoms with Crippen LogP contribution in [0, 0.1) is 5.82 Å². The van der Waals surface area contributed by atoms with Crippen LogP contribution in [0.5, 0.6) is 5.75 Å². The van der Waals surface area contributed by atoms with Gasteiger partial charge in [0.1, 0.15) is 17.3 Å². The topological polar surface area (TPSA) is 78.3 Å². The number of fused-ring (bicyclic) bond motifs is 1. The van der Waals surface area contributed by atoms with Crippen molar-refractivity contribution < 1.29 is 22.7 Å². The lowest BCUT2D eigenvalue weighted by molar-refractivity contribution is -0.137. The molecule has 9 heteroatoms. The summed E-state index contributed by atoms with van der Waals surface area (Å²) in [5.74, 6) is -1.34. The molecule has 0 saturated heterocycles. The largest absolute Gasteiger partial charge is 0.501 e. The van der Waals surface area contributed by atoms with Crippen molar-refractivity contribution in [2.24, 2.45) is 4.99 Å². The van der Waals surface area contributed by atoms with Gasteiger partial charge in [-0.05, 0) is 29.8 Å². The molecule has 2 N–H and O–H groups in total. The zero-order chi connectivity index (χ0) is 20.1. The number of halogens is 4. The summed E-state index contributed by atoms with van der Waals surface area (Å²) in [6, 6.07) is 8.29. The summed E-state index contributed by atoms with van der Waals surface area (Å²) in [5.41, 5.74) is -0.707. The first-order valence-electron chi connectivity index (χ1n) is 8.09. The maximum Gasteiger partial charge on any atom is 0.416 e. The van der Waals surface area contributed by atoms with Crippen molar-refractivity contribution in [1.29, 1.82) is 0 Å². The van der Waals surface area contributed by atoms with Gasteiger partial charge >= 0.3 is 6.18 Å². The van der Waals surface area contributed by atoms with Crippen LogP contribution in [0.4, 0.5) is 23.2 Å². The van der Waals surface area contributed by atoms with Crippen molar-refractivity contribution in [2.45, 2.75) is 12.6 Å². The lowest BCUT2D eigenvalue weighted by Crippen LogP contribution is -2.16. The number of nitrogens with one attached hydrogen (secondary N) is 1. The van der Waals surface area contributed by atoms with E-state index in [1.165, 1.54) is 30.3 Å². The molecule has 1 aliphatic rings. The highest BCUT2D eigenvalue weighted by molar-refractivity contribution is 6.07. The number of H-pyrrole nitrogens is 1. The van der Waals surface area contributed by atoms with Gasteiger partial charge in [0.25, 0.3) is 5.56 Å². The van der Waals surface area contributed by atoms with E-state index in [0.29, 0.717) is 11.3 Å². The van der Waals surface area contributed by atoms with Gasteiger partial charge in [0.15, 0.2) is 0 Å². The van der Waals surface area contributed by atoms with Crippen LogP contribution in [0.2, 0.25) is 0 Å². The smallest absolute Gasteiger partial charge is 0.416 e. The monoisotopic (exact) mass is 389 g/mol. The highest BCUT2D eigenvalue weighted by Crippen LogP contribution is 2.33. The summed E-state index contributed by atoms with van der Waals surface area (Å²) in [5, 5.41) is 10.1. The quantitative estimate of drug-likeness (QED) is 0.651. The fraction of sp³-hybridized carbons (Fsp3) is 0.105. The van der Waals surface area contributed by atoms with Crippen molar-refractivity contribution >= 4 is 11.4 Å². The third kappa shape index (κ3) is 3.15. The highest BCUT2D eigenvalue weighted by Gasteiger charge is 2.31. The number of alkyl halides is 3. The molecule has 0 radical (unpaired) electrons. The van der Waals surface area contributed by atoms with Crippen molar-refractivity contribution in [3.05, 3.63) is 75.5 Å². The molecule has 1 aromatic heterocycles. The normalized spacial score (nSPS) is 13.4. The van der Waals surface area contributed by atoms with Crippen LogP contribution in [0.3, 0.4) is 0 Å². The van der Waals surface area contributed by atoms with E-state index >= 15 is 0 Å². The third-order valence-corrected chi connectivity index (χ3v) is 4.29. The SMILES string of the molecule is O=c1[nH]c(-c2cccc(C(F)(F)F)c2)nc(C2=Nc3cc(F)ccc3C2)c1O. The van der Waals surface area contributed by atoms with Crippen LogP contribution in [0.15, 0.2) is 52.3 Å². The molecule has 0 bridgehead atoms. The van der Waals surface area contributed by atoms with Crippen LogP contribution in [0.25, 0.3) is 11.4 Å². The van der Waals surface area contributed by atoms with Crippen molar-refractivity contribution in [3.8, 4) is 17.1 Å². The number of nitrogens with zero attached hydrogens (tertiary/aromatic N) is 2. The summed E-state index contributed by atoms with van der Waals surface area (Å²) in [6.45, 7) is 0. The van der Waals surface area contributed by atoms with E-state index in [0.717, 1.165) is 12.1 Å². The fourth-order valence-corrected chi connectivity index (χ4v) is 2.94. The zero-order valence-corrected chi connectivity index (χ0v) is 14.0. The van der Waals surface area contributed by atoms with Gasteiger partial charge < -0.3 is 10.1 Å². The van der Waals surface area contributed by atoms with Crippen molar-refractivity contribution in [1.82, 2.24) is 9.97 Å². The number of hydrogen-bond acceptors (Lipinski definition) is 4. The second-order valence-electron chi connectivity index (χ2n) is 6.20. The standard InChI is InChI=1S/C19H11F4N3O2/c20-12-5-4-9-7-14(24-13(9)8-12)15-16(27)18(28)26-17(25-15)10-2-1-3-11(6-10)19(21,22)23/h1-6,8,27H,7H2,(H,25,26,28). The van der Waals surface area contributed by atoms with Gasteiger partial charge in [-0.2, -0.15) is 13.2 Å². The first-order chi connectivity index (χ1) is 13.2. The van der Waals surface area contributed by atoms with Crippen LogP contribution < -0.4 is 5.56 Å². The predicted octanol–water partition coefficient (Wildman–Crippen LogP) is 3.98. The zero-order valence-electron chi connectivity index (χ0n) is 14.0. The van der Waals surface area contributed by atoms with Crippen LogP contribution >= 0.6 is 0 Å². The summed E-state index contributed by atoms with van der Waals surface area (Å²) in [7, 11) is 0. The highest BCUT2D eigenvalue weighted by atomic mass is 19.4. The average molecular weight is 389 g/mol. The van der Waals surface area contributed by atoms with Gasteiger partial charge in [-0.1, -0.05) is 18.2 Å². The summed E-state index contributed by atoms with van der Waals surface area (Å²) in [6.07, 6.45) is -4.36. The third-order valence-electron chi connectivity index (χ3n) is 4.29. The Hall–Kier alpha value is -3.49. The fourth-order valence-electron chi connectivity index (χ4n) is 2.94. The van der Waals surface area contributed by atoms with Gasteiger partial charge in [-0.15, -0.1) is 0 Å². The first kappa shape index (κ1) is 17.9. The number of rotatable bonds is 2. The van der Waals surface area contributed by atoms with E-state index < -0.39 is 28.9 Å². The van der Waals surface area contributed by atoms with Crippen LogP contribution in [-0.2, 0) is 12.6 Å². The minimum atomic E-state index is -4.56. The Bertz CT molecular complexity index is 1180. The van der Waals surface area contributed by atoms with Crippen molar-refractivity contribution in [3.63, 3.8) is 0 Å². The molecule has 0 aliphatic carbocycles. The molecule has 4 rings (SSSR count). The Balaban J connectivity index is 1.81. The number of aromatic amines is 1. The Kier molecular flexibility index (Phi) is 4.02. The minimum absolute atomic E-state index is 0.0235. The average Bonchev–Trinajstić information content (AvgIpc) is 3.06. The van der Waals surface area contributed by atoms with Gasteiger partial charge in [-0.25, -0.2) is 9.37 Å². The maximum atomic E-state index is 13.4. The van der Waals surface area contributed by atoms with Gasteiger partial charge in [0, 0.05) is 12.0 Å². The Morgan fingerprint density at radius 3 is 2.64 bits per heavy atom. The molecular weight excluding hydrogens is 378 g/mol. The van der Waals surface area contributed by atoms with E-state index in [9.17, 15) is 27.5 Å². The number of aromatic hydroxyl groups is 1. The second-order valence-corrected chi connectivity index (χ2v) is 6.20. The summed E-state index contributed by atoms with van der Waals surface area (Å²) in [4.78, 5) is 22.7. The first-order valence-corrected chi connectivity index (χ1v) is 8.09. The number of aromatic nitrogens is 2. The molecular formula is C19H11F4N3O2. The van der Waals surface area contributed by atoms with E-state index in [2.05, 4.69) is 15.0 Å². The van der Waals surface area contributed by atoms with E-state index in [1.807, 2.05) is 0 Å². The second kappa shape index (κ2) is 6.29. The Morgan fingerprint density at radius 1 is 1.11 bits per heavy atom. The van der Waals surface area contributed by atoms with Crippen LogP contribution in [-0.4, -0.2) is 20.8 Å². The number of benzene rings is 2. The number of aliphatic imine (C=N–C) groups is 1. The molecule has 1 aliphatic heterocycles. The lowest BCUT2D eigenvalue weighted by atomic mass is 10.1. The molecule has 5 nitrogen and oxygen atoms in total. The summed E-state index contributed by atoms with van der Waals surface area (Å²) < 4.78 is 52.2. The maximum absolute atomic E-state index is 13.4. The molecule has 0 fully saturated rings. The Morgan fingerprint density at radius 2 is 1.89 bits per heavy atom. The van der Waals surface area contributed by atoms with E-state index in [-0.39, 0.29) is 29.2 Å². The molecule has 0 unspecified atom stereocenters. The lowest BCUT2D eigenvalue weighted by Gasteiger charge is -2.10. The van der Waals surface area contributed by atoms with Crippen LogP contribution in [0.1, 0.15) is 16.8 Å². The molecule has 3 aromatic rings. The molecule has 0 spiro atoms. The van der Waals surface area contributed by atoms with Gasteiger partial charge in [-0.3, -0.25) is 9.79 Å². The molecule has 0 amide bonds. The molecule has 0 saturated carbocycles. The van der Waals surface area contributed by atoms with Gasteiger partial charge in [0.05, 0.1) is 17.0 Å². The minimum Gasteiger partial charge on any atom is -0.501 e. The molecule has 28 heavy (non-hydrogen) atoms.